The summed E-state index contributed by atoms with van der Waals surface area (Å²) < 4.78 is 5.38. The van der Waals surface area contributed by atoms with Crippen LogP contribution in [0.1, 0.15) is 5.56 Å². The van der Waals surface area contributed by atoms with Crippen LogP contribution in [0.25, 0.3) is 6.08 Å². The van der Waals surface area contributed by atoms with Crippen molar-refractivity contribution in [1.29, 1.82) is 5.26 Å². The molecule has 0 aliphatic carbocycles. The first-order chi connectivity index (χ1) is 6.86. The molecule has 0 aromatic heterocycles. The standard InChI is InChI=1S/C11H10BrNO/c12-7-9-14-11-5-3-10(4-6-11)2-1-8-13/h1-6H,7,9H2. The number of allylic oxidation sites excluding steroid dienone is 1. The Morgan fingerprint density at radius 2 is 2.07 bits per heavy atom. The SMILES string of the molecule is N#CC=Cc1ccc(OCCBr)cc1. The molecule has 14 heavy (non-hydrogen) atoms. The third-order valence-corrected chi connectivity index (χ3v) is 1.90. The largest absolute Gasteiger partial charge is 0.493 e. The Labute approximate surface area is 91.9 Å². The molecule has 0 unspecified atom stereocenters. The van der Waals surface area contributed by atoms with Crippen molar-refractivity contribution in [2.45, 2.75) is 0 Å². The third-order valence-electron chi connectivity index (χ3n) is 1.58. The molecule has 0 radical (unpaired) electrons. The van der Waals surface area contributed by atoms with Crippen LogP contribution in [0.2, 0.25) is 0 Å². The summed E-state index contributed by atoms with van der Waals surface area (Å²) in [4.78, 5) is 0. The second-order valence-electron chi connectivity index (χ2n) is 2.57. The van der Waals surface area contributed by atoms with E-state index in [0.717, 1.165) is 16.6 Å². The van der Waals surface area contributed by atoms with Crippen molar-refractivity contribution in [2.75, 3.05) is 11.9 Å². The van der Waals surface area contributed by atoms with E-state index in [1.165, 1.54) is 6.08 Å². The molecular formula is C11H10BrNO. The van der Waals surface area contributed by atoms with Gasteiger partial charge in [0.1, 0.15) is 5.75 Å². The molecule has 0 saturated carbocycles. The molecule has 0 heterocycles. The van der Waals surface area contributed by atoms with Crippen LogP contribution in [0.5, 0.6) is 5.75 Å². The topological polar surface area (TPSA) is 33.0 Å². The smallest absolute Gasteiger partial charge is 0.119 e. The van der Waals surface area contributed by atoms with E-state index < -0.39 is 0 Å². The Morgan fingerprint density at radius 3 is 2.64 bits per heavy atom. The van der Waals surface area contributed by atoms with Crippen molar-refractivity contribution < 1.29 is 4.74 Å². The minimum Gasteiger partial charge on any atom is -0.493 e. The molecule has 2 nitrogen and oxygen atoms in total. The van der Waals surface area contributed by atoms with E-state index >= 15 is 0 Å². The summed E-state index contributed by atoms with van der Waals surface area (Å²) >= 11 is 3.28. The summed E-state index contributed by atoms with van der Waals surface area (Å²) in [6, 6.07) is 9.55. The van der Waals surface area contributed by atoms with Gasteiger partial charge in [0, 0.05) is 11.4 Å². The predicted octanol–water partition coefficient (Wildman–Crippen LogP) is 3.00. The zero-order valence-electron chi connectivity index (χ0n) is 7.61. The molecule has 0 bridgehead atoms. The van der Waals surface area contributed by atoms with Gasteiger partial charge >= 0.3 is 0 Å². The number of alkyl halides is 1. The lowest BCUT2D eigenvalue weighted by Gasteiger charge is -2.03. The van der Waals surface area contributed by atoms with Gasteiger partial charge in [-0.05, 0) is 23.8 Å². The van der Waals surface area contributed by atoms with Gasteiger partial charge in [-0.1, -0.05) is 28.1 Å². The number of halogens is 1. The van der Waals surface area contributed by atoms with E-state index in [0.29, 0.717) is 6.61 Å². The van der Waals surface area contributed by atoms with Crippen molar-refractivity contribution in [2.24, 2.45) is 0 Å². The number of hydrogen-bond donors (Lipinski definition) is 0. The first-order valence-electron chi connectivity index (χ1n) is 4.22. The van der Waals surface area contributed by atoms with Gasteiger partial charge in [-0.2, -0.15) is 5.26 Å². The maximum atomic E-state index is 8.33. The first kappa shape index (κ1) is 10.8. The van der Waals surface area contributed by atoms with Crippen LogP contribution >= 0.6 is 15.9 Å². The van der Waals surface area contributed by atoms with Gasteiger partial charge in [-0.15, -0.1) is 0 Å². The average molecular weight is 252 g/mol. The van der Waals surface area contributed by atoms with E-state index in [9.17, 15) is 0 Å². The molecule has 0 fully saturated rings. The molecule has 0 amide bonds. The number of nitrogens with zero attached hydrogens (tertiary/aromatic N) is 1. The average Bonchev–Trinajstić information content (AvgIpc) is 2.25. The van der Waals surface area contributed by atoms with Crippen LogP contribution in [0.15, 0.2) is 30.3 Å². The highest BCUT2D eigenvalue weighted by Gasteiger charge is 1.91. The Bertz CT molecular complexity index is 337. The van der Waals surface area contributed by atoms with E-state index in [1.54, 1.807) is 6.08 Å². The second kappa shape index (κ2) is 6.22. The normalized spacial score (nSPS) is 10.0. The van der Waals surface area contributed by atoms with E-state index in [4.69, 9.17) is 10.00 Å². The van der Waals surface area contributed by atoms with Crippen molar-refractivity contribution in [1.82, 2.24) is 0 Å². The molecule has 0 aliphatic heterocycles. The first-order valence-corrected chi connectivity index (χ1v) is 5.34. The zero-order valence-corrected chi connectivity index (χ0v) is 9.20. The summed E-state index contributed by atoms with van der Waals surface area (Å²) in [5, 5.41) is 9.15. The fourth-order valence-corrected chi connectivity index (χ4v) is 1.13. The third kappa shape index (κ3) is 3.63. The van der Waals surface area contributed by atoms with Gasteiger partial charge in [0.2, 0.25) is 0 Å². The minimum atomic E-state index is 0.660. The molecule has 3 heteroatoms. The number of rotatable bonds is 4. The van der Waals surface area contributed by atoms with Crippen LogP contribution in [0.4, 0.5) is 0 Å². The van der Waals surface area contributed by atoms with Gasteiger partial charge in [-0.3, -0.25) is 0 Å². The monoisotopic (exact) mass is 251 g/mol. The van der Waals surface area contributed by atoms with Gasteiger partial charge in [0.25, 0.3) is 0 Å². The van der Waals surface area contributed by atoms with Crippen molar-refractivity contribution in [3.8, 4) is 11.8 Å². The molecular weight excluding hydrogens is 242 g/mol. The van der Waals surface area contributed by atoms with E-state index in [-0.39, 0.29) is 0 Å². The maximum absolute atomic E-state index is 8.33. The fourth-order valence-electron chi connectivity index (χ4n) is 0.965. The maximum Gasteiger partial charge on any atom is 0.119 e. The van der Waals surface area contributed by atoms with Gasteiger partial charge in [0.15, 0.2) is 0 Å². The zero-order chi connectivity index (χ0) is 10.2. The molecule has 0 saturated heterocycles. The highest BCUT2D eigenvalue weighted by Crippen LogP contribution is 2.13. The van der Waals surface area contributed by atoms with Crippen LogP contribution in [-0.4, -0.2) is 11.9 Å². The van der Waals surface area contributed by atoms with Gasteiger partial charge < -0.3 is 4.74 Å². The Morgan fingerprint density at radius 1 is 1.36 bits per heavy atom. The van der Waals surface area contributed by atoms with Crippen LogP contribution in [0.3, 0.4) is 0 Å². The fraction of sp³-hybridized carbons (Fsp3) is 0.182. The molecule has 72 valence electrons. The van der Waals surface area contributed by atoms with Crippen LogP contribution in [-0.2, 0) is 0 Å². The minimum absolute atomic E-state index is 0.660. The molecule has 0 N–H and O–H groups in total. The van der Waals surface area contributed by atoms with Crippen molar-refractivity contribution in [3.05, 3.63) is 35.9 Å². The summed E-state index contributed by atoms with van der Waals surface area (Å²) in [6.07, 6.45) is 3.21. The number of ether oxygens (including phenoxy) is 1. The number of hydrogen-bond acceptors (Lipinski definition) is 2. The van der Waals surface area contributed by atoms with Crippen LogP contribution < -0.4 is 4.74 Å². The summed E-state index contributed by atoms with van der Waals surface area (Å²) in [5.41, 5.74) is 0.998. The Kier molecular flexibility index (Phi) is 4.81. The molecule has 1 aromatic rings. The summed E-state index contributed by atoms with van der Waals surface area (Å²) in [6.45, 7) is 0.660. The lowest BCUT2D eigenvalue weighted by Crippen LogP contribution is -1.97. The van der Waals surface area contributed by atoms with Crippen molar-refractivity contribution >= 4 is 22.0 Å². The molecule has 0 atom stereocenters. The summed E-state index contributed by atoms with van der Waals surface area (Å²) in [7, 11) is 0. The Balaban J connectivity index is 2.60. The molecule has 1 rings (SSSR count). The second-order valence-corrected chi connectivity index (χ2v) is 3.36. The van der Waals surface area contributed by atoms with Gasteiger partial charge in [-0.25, -0.2) is 0 Å². The predicted molar refractivity (Wildman–Crippen MR) is 60.4 cm³/mol. The van der Waals surface area contributed by atoms with Crippen LogP contribution in [0, 0.1) is 11.3 Å². The quantitative estimate of drug-likeness (QED) is 0.609. The highest BCUT2D eigenvalue weighted by atomic mass is 79.9. The highest BCUT2D eigenvalue weighted by molar-refractivity contribution is 9.09. The molecule has 0 aliphatic rings. The number of benzene rings is 1. The lowest BCUT2D eigenvalue weighted by molar-refractivity contribution is 0.345. The lowest BCUT2D eigenvalue weighted by atomic mass is 10.2. The molecule has 0 spiro atoms. The Hall–Kier alpha value is -1.27. The molecule has 1 aromatic carbocycles. The van der Waals surface area contributed by atoms with E-state index in [2.05, 4.69) is 15.9 Å². The van der Waals surface area contributed by atoms with E-state index in [1.807, 2.05) is 30.3 Å². The summed E-state index contributed by atoms with van der Waals surface area (Å²) in [5.74, 6) is 0.846. The van der Waals surface area contributed by atoms with Gasteiger partial charge in [0.05, 0.1) is 12.7 Å². The van der Waals surface area contributed by atoms with Crippen molar-refractivity contribution in [3.63, 3.8) is 0 Å². The number of nitriles is 1.